The van der Waals surface area contributed by atoms with Crippen LogP contribution in [0, 0.1) is 0 Å². The summed E-state index contributed by atoms with van der Waals surface area (Å²) in [6.07, 6.45) is 1.79. The first-order chi connectivity index (χ1) is 5.79. The van der Waals surface area contributed by atoms with E-state index < -0.39 is 0 Å². The predicted octanol–water partition coefficient (Wildman–Crippen LogP) is 1.48. The number of aromatic nitrogens is 1. The van der Waals surface area contributed by atoms with Gasteiger partial charge in [0.1, 0.15) is 5.82 Å². The summed E-state index contributed by atoms with van der Waals surface area (Å²) < 4.78 is 0. The SMILES string of the molecule is CN(C)CCNc1ccccn1.Cl. The van der Waals surface area contributed by atoms with E-state index in [-0.39, 0.29) is 12.4 Å². The van der Waals surface area contributed by atoms with Crippen LogP contribution in [-0.2, 0) is 0 Å². The van der Waals surface area contributed by atoms with Crippen LogP contribution in [0.3, 0.4) is 0 Å². The molecule has 0 saturated heterocycles. The standard InChI is InChI=1S/C9H15N3.ClH/c1-12(2)8-7-11-9-5-3-4-6-10-9;/h3-6H,7-8H2,1-2H3,(H,10,11);1H. The van der Waals surface area contributed by atoms with Crippen LogP contribution in [0.25, 0.3) is 0 Å². The maximum Gasteiger partial charge on any atom is 0.125 e. The maximum absolute atomic E-state index is 4.15. The fraction of sp³-hybridized carbons (Fsp3) is 0.444. The lowest BCUT2D eigenvalue weighted by atomic mass is 10.4. The number of anilines is 1. The summed E-state index contributed by atoms with van der Waals surface area (Å²) in [5.74, 6) is 0.944. The fourth-order valence-electron chi connectivity index (χ4n) is 0.875. The van der Waals surface area contributed by atoms with Gasteiger partial charge < -0.3 is 10.2 Å². The molecule has 1 aromatic heterocycles. The minimum absolute atomic E-state index is 0. The highest BCUT2D eigenvalue weighted by atomic mass is 35.5. The third-order valence-electron chi connectivity index (χ3n) is 1.53. The predicted molar refractivity (Wildman–Crippen MR) is 58.5 cm³/mol. The Morgan fingerprint density at radius 2 is 2.15 bits per heavy atom. The summed E-state index contributed by atoms with van der Waals surface area (Å²) >= 11 is 0. The number of nitrogens with zero attached hydrogens (tertiary/aromatic N) is 2. The molecule has 1 rings (SSSR count). The second-order valence-electron chi connectivity index (χ2n) is 2.95. The molecule has 1 N–H and O–H groups in total. The Bertz CT molecular complexity index is 213. The van der Waals surface area contributed by atoms with Crippen LogP contribution in [-0.4, -0.2) is 37.1 Å². The van der Waals surface area contributed by atoms with Gasteiger partial charge in [0.05, 0.1) is 0 Å². The van der Waals surface area contributed by atoms with Gasteiger partial charge in [0, 0.05) is 19.3 Å². The summed E-state index contributed by atoms with van der Waals surface area (Å²) in [4.78, 5) is 6.28. The molecule has 13 heavy (non-hydrogen) atoms. The third-order valence-corrected chi connectivity index (χ3v) is 1.53. The van der Waals surface area contributed by atoms with Crippen molar-refractivity contribution in [3.05, 3.63) is 24.4 Å². The van der Waals surface area contributed by atoms with Crippen molar-refractivity contribution in [1.29, 1.82) is 0 Å². The van der Waals surface area contributed by atoms with Gasteiger partial charge in [0.15, 0.2) is 0 Å². The van der Waals surface area contributed by atoms with E-state index in [9.17, 15) is 0 Å². The molecular weight excluding hydrogens is 186 g/mol. The van der Waals surface area contributed by atoms with Gasteiger partial charge in [0.2, 0.25) is 0 Å². The molecule has 0 aliphatic carbocycles. The van der Waals surface area contributed by atoms with Crippen molar-refractivity contribution in [2.24, 2.45) is 0 Å². The molecule has 74 valence electrons. The van der Waals surface area contributed by atoms with Crippen molar-refractivity contribution in [1.82, 2.24) is 9.88 Å². The van der Waals surface area contributed by atoms with Crippen molar-refractivity contribution in [3.8, 4) is 0 Å². The van der Waals surface area contributed by atoms with E-state index in [1.807, 2.05) is 18.2 Å². The summed E-state index contributed by atoms with van der Waals surface area (Å²) in [7, 11) is 4.11. The topological polar surface area (TPSA) is 28.2 Å². The highest BCUT2D eigenvalue weighted by molar-refractivity contribution is 5.85. The zero-order chi connectivity index (χ0) is 8.81. The Morgan fingerprint density at radius 3 is 2.69 bits per heavy atom. The Kier molecular flexibility index (Phi) is 6.28. The minimum atomic E-state index is 0. The van der Waals surface area contributed by atoms with E-state index in [0.717, 1.165) is 18.9 Å². The molecule has 0 aliphatic rings. The molecule has 0 atom stereocenters. The van der Waals surface area contributed by atoms with E-state index in [1.54, 1.807) is 6.20 Å². The molecule has 0 spiro atoms. The van der Waals surface area contributed by atoms with Crippen molar-refractivity contribution < 1.29 is 0 Å². The molecule has 0 amide bonds. The summed E-state index contributed by atoms with van der Waals surface area (Å²) in [6, 6.07) is 5.86. The Morgan fingerprint density at radius 1 is 1.38 bits per heavy atom. The summed E-state index contributed by atoms with van der Waals surface area (Å²) in [5.41, 5.74) is 0. The molecule has 0 bridgehead atoms. The van der Waals surface area contributed by atoms with Crippen LogP contribution in [0.1, 0.15) is 0 Å². The number of hydrogen-bond donors (Lipinski definition) is 1. The second-order valence-corrected chi connectivity index (χ2v) is 2.95. The number of rotatable bonds is 4. The van der Waals surface area contributed by atoms with Crippen molar-refractivity contribution >= 4 is 18.2 Å². The number of pyridine rings is 1. The number of likely N-dealkylation sites (N-methyl/N-ethyl adjacent to an activating group) is 1. The van der Waals surface area contributed by atoms with E-state index in [4.69, 9.17) is 0 Å². The first kappa shape index (κ1) is 12.2. The summed E-state index contributed by atoms with van der Waals surface area (Å²) in [6.45, 7) is 1.96. The molecule has 0 aliphatic heterocycles. The molecule has 1 aromatic rings. The van der Waals surface area contributed by atoms with Crippen molar-refractivity contribution in [2.45, 2.75) is 0 Å². The van der Waals surface area contributed by atoms with Gasteiger partial charge in [-0.05, 0) is 26.2 Å². The van der Waals surface area contributed by atoms with Crippen LogP contribution in [0.2, 0.25) is 0 Å². The van der Waals surface area contributed by atoms with Crippen LogP contribution in [0.4, 0.5) is 5.82 Å². The van der Waals surface area contributed by atoms with Gasteiger partial charge >= 0.3 is 0 Å². The molecule has 0 saturated carbocycles. The van der Waals surface area contributed by atoms with Crippen molar-refractivity contribution in [2.75, 3.05) is 32.5 Å². The van der Waals surface area contributed by atoms with E-state index in [1.165, 1.54) is 0 Å². The van der Waals surface area contributed by atoms with E-state index in [2.05, 4.69) is 29.3 Å². The molecule has 0 fully saturated rings. The Hall–Kier alpha value is -0.800. The zero-order valence-corrected chi connectivity index (χ0v) is 8.84. The van der Waals surface area contributed by atoms with E-state index >= 15 is 0 Å². The first-order valence-electron chi connectivity index (χ1n) is 4.08. The van der Waals surface area contributed by atoms with Gasteiger partial charge in [-0.15, -0.1) is 12.4 Å². The van der Waals surface area contributed by atoms with Crippen LogP contribution >= 0.6 is 12.4 Å². The molecular formula is C9H16ClN3. The average Bonchev–Trinajstić information content (AvgIpc) is 2.05. The van der Waals surface area contributed by atoms with Gasteiger partial charge in [-0.3, -0.25) is 0 Å². The lowest BCUT2D eigenvalue weighted by Crippen LogP contribution is -2.20. The van der Waals surface area contributed by atoms with Gasteiger partial charge in [0.25, 0.3) is 0 Å². The van der Waals surface area contributed by atoms with Crippen LogP contribution in [0.15, 0.2) is 24.4 Å². The Balaban J connectivity index is 0.00000144. The quantitative estimate of drug-likeness (QED) is 0.800. The molecule has 3 nitrogen and oxygen atoms in total. The van der Waals surface area contributed by atoms with Crippen molar-refractivity contribution in [3.63, 3.8) is 0 Å². The first-order valence-corrected chi connectivity index (χ1v) is 4.08. The zero-order valence-electron chi connectivity index (χ0n) is 8.03. The lowest BCUT2D eigenvalue weighted by molar-refractivity contribution is 0.425. The smallest absolute Gasteiger partial charge is 0.125 e. The minimum Gasteiger partial charge on any atom is -0.369 e. The average molecular weight is 202 g/mol. The molecule has 0 radical (unpaired) electrons. The number of hydrogen-bond acceptors (Lipinski definition) is 3. The largest absolute Gasteiger partial charge is 0.369 e. The van der Waals surface area contributed by atoms with Gasteiger partial charge in [-0.2, -0.15) is 0 Å². The maximum atomic E-state index is 4.15. The lowest BCUT2D eigenvalue weighted by Gasteiger charge is -2.10. The number of nitrogens with one attached hydrogen (secondary N) is 1. The van der Waals surface area contributed by atoms with E-state index in [0.29, 0.717) is 0 Å². The monoisotopic (exact) mass is 201 g/mol. The normalized spacial score (nSPS) is 9.46. The van der Waals surface area contributed by atoms with Crippen LogP contribution in [0.5, 0.6) is 0 Å². The number of halogens is 1. The third kappa shape index (κ3) is 5.44. The highest BCUT2D eigenvalue weighted by Gasteiger charge is 1.91. The van der Waals surface area contributed by atoms with Gasteiger partial charge in [-0.1, -0.05) is 6.07 Å². The Labute approximate surface area is 85.6 Å². The highest BCUT2D eigenvalue weighted by Crippen LogP contribution is 1.97. The molecule has 4 heteroatoms. The molecule has 0 unspecified atom stereocenters. The van der Waals surface area contributed by atoms with Gasteiger partial charge in [-0.25, -0.2) is 4.98 Å². The van der Waals surface area contributed by atoms with Crippen LogP contribution < -0.4 is 5.32 Å². The summed E-state index contributed by atoms with van der Waals surface area (Å²) in [5, 5.41) is 3.22. The molecule has 0 aromatic carbocycles. The fourth-order valence-corrected chi connectivity index (χ4v) is 0.875. The second kappa shape index (κ2) is 6.69. The molecule has 1 heterocycles.